The first-order chi connectivity index (χ1) is 10.7. The average molecular weight is 302 g/mol. The Balaban J connectivity index is 1.56. The summed E-state index contributed by atoms with van der Waals surface area (Å²) in [4.78, 5) is 8.00. The molecule has 0 radical (unpaired) electrons. The highest BCUT2D eigenvalue weighted by atomic mass is 16.6. The van der Waals surface area contributed by atoms with Crippen molar-refractivity contribution in [2.45, 2.75) is 31.3 Å². The van der Waals surface area contributed by atoms with Crippen molar-refractivity contribution in [2.24, 2.45) is 17.7 Å². The highest BCUT2D eigenvalue weighted by molar-refractivity contribution is 5.20. The summed E-state index contributed by atoms with van der Waals surface area (Å²) in [7, 11) is 0. The van der Waals surface area contributed by atoms with Crippen LogP contribution in [-0.2, 0) is 4.84 Å². The molecule has 2 atom stereocenters. The van der Waals surface area contributed by atoms with Crippen LogP contribution in [0.2, 0.25) is 0 Å². The first-order valence-electron chi connectivity index (χ1n) is 8.23. The topological polar surface area (TPSA) is 58.7 Å². The average Bonchev–Trinajstić information content (AvgIpc) is 2.57. The first kappa shape index (κ1) is 15.5. The molecule has 0 bridgehead atoms. The molecule has 2 unspecified atom stereocenters. The minimum absolute atomic E-state index is 0.257. The number of nitrogens with two attached hydrogens (primary N) is 1. The first-order valence-corrected chi connectivity index (χ1v) is 8.23. The van der Waals surface area contributed by atoms with E-state index in [9.17, 15) is 5.11 Å². The van der Waals surface area contributed by atoms with Crippen LogP contribution >= 0.6 is 0 Å². The zero-order valence-corrected chi connectivity index (χ0v) is 13.0. The molecule has 1 heterocycles. The second kappa shape index (κ2) is 6.82. The van der Waals surface area contributed by atoms with E-state index < -0.39 is 0 Å². The van der Waals surface area contributed by atoms with Gasteiger partial charge in [0.05, 0.1) is 5.60 Å². The van der Waals surface area contributed by atoms with Crippen molar-refractivity contribution in [3.05, 3.63) is 48.3 Å². The Bertz CT molecular complexity index is 499. The van der Waals surface area contributed by atoms with Crippen LogP contribution < -0.4 is 5.90 Å². The molecule has 0 saturated carbocycles. The molecule has 2 aliphatic carbocycles. The van der Waals surface area contributed by atoms with Crippen LogP contribution in [0.25, 0.3) is 0 Å². The van der Waals surface area contributed by atoms with E-state index in [1.165, 1.54) is 0 Å². The Morgan fingerprint density at radius 3 is 2.64 bits per heavy atom. The summed E-state index contributed by atoms with van der Waals surface area (Å²) < 4.78 is 0. The lowest BCUT2D eigenvalue weighted by Gasteiger charge is -2.44. The molecule has 3 N–H and O–H groups in total. The molecular weight excluding hydrogens is 276 g/mol. The van der Waals surface area contributed by atoms with E-state index in [0.29, 0.717) is 11.7 Å². The highest BCUT2D eigenvalue weighted by Gasteiger charge is 2.41. The smallest absolute Gasteiger partial charge is 0.111 e. The van der Waals surface area contributed by atoms with Crippen LogP contribution in [0.15, 0.2) is 48.3 Å². The van der Waals surface area contributed by atoms with Gasteiger partial charge in [-0.2, -0.15) is 0 Å². The summed E-state index contributed by atoms with van der Waals surface area (Å²) in [6, 6.07) is 0. The number of aliphatic hydroxyl groups excluding tert-OH is 1. The second-order valence-electron chi connectivity index (χ2n) is 6.62. The van der Waals surface area contributed by atoms with Gasteiger partial charge in [-0.1, -0.05) is 30.4 Å². The summed E-state index contributed by atoms with van der Waals surface area (Å²) in [5, 5.41) is 9.49. The maximum absolute atomic E-state index is 9.49. The molecule has 1 fully saturated rings. The van der Waals surface area contributed by atoms with Crippen molar-refractivity contribution >= 4 is 0 Å². The zero-order valence-electron chi connectivity index (χ0n) is 13.0. The predicted octanol–water partition coefficient (Wildman–Crippen LogP) is 2.86. The van der Waals surface area contributed by atoms with Gasteiger partial charge in [0.25, 0.3) is 0 Å². The van der Waals surface area contributed by atoms with Crippen molar-refractivity contribution < 1.29 is 9.94 Å². The third-order valence-electron chi connectivity index (χ3n) is 5.26. The van der Waals surface area contributed by atoms with E-state index in [-0.39, 0.29) is 11.5 Å². The Morgan fingerprint density at radius 2 is 2.05 bits per heavy atom. The molecule has 22 heavy (non-hydrogen) atoms. The molecule has 4 heteroatoms. The molecule has 0 amide bonds. The third kappa shape index (κ3) is 3.35. The fraction of sp³-hybridized carbons (Fsp3) is 0.556. The minimum Gasteiger partial charge on any atom is -0.508 e. The van der Waals surface area contributed by atoms with E-state index in [1.807, 2.05) is 12.2 Å². The van der Waals surface area contributed by atoms with Gasteiger partial charge in [-0.05, 0) is 43.8 Å². The van der Waals surface area contributed by atoms with Gasteiger partial charge >= 0.3 is 0 Å². The summed E-state index contributed by atoms with van der Waals surface area (Å²) in [5.41, 5.74) is -0.285. The SMILES string of the molecule is NOC1(C2C=CC(O)=CC2)CCN(CC2C=CC=CC2)CC1. The number of hydrogen-bond donors (Lipinski definition) is 2. The van der Waals surface area contributed by atoms with Crippen LogP contribution in [-0.4, -0.2) is 35.2 Å². The molecule has 3 rings (SSSR count). The molecule has 3 aliphatic rings. The highest BCUT2D eigenvalue weighted by Crippen LogP contribution is 2.37. The maximum Gasteiger partial charge on any atom is 0.111 e. The number of aliphatic hydroxyl groups is 1. The summed E-state index contributed by atoms with van der Waals surface area (Å²) in [5.74, 6) is 6.91. The number of hydrogen-bond acceptors (Lipinski definition) is 4. The quantitative estimate of drug-likeness (QED) is 0.784. The predicted molar refractivity (Wildman–Crippen MR) is 88.0 cm³/mol. The van der Waals surface area contributed by atoms with Gasteiger partial charge in [-0.3, -0.25) is 4.84 Å². The van der Waals surface area contributed by atoms with E-state index >= 15 is 0 Å². The fourth-order valence-electron chi connectivity index (χ4n) is 3.79. The van der Waals surface area contributed by atoms with Crippen LogP contribution in [0.5, 0.6) is 0 Å². The largest absolute Gasteiger partial charge is 0.508 e. The number of allylic oxidation sites excluding steroid dienone is 5. The van der Waals surface area contributed by atoms with Crippen molar-refractivity contribution in [3.63, 3.8) is 0 Å². The number of likely N-dealkylation sites (tertiary alicyclic amines) is 1. The molecule has 4 nitrogen and oxygen atoms in total. The van der Waals surface area contributed by atoms with E-state index in [2.05, 4.69) is 29.2 Å². The summed E-state index contributed by atoms with van der Waals surface area (Å²) in [6.45, 7) is 3.15. The monoisotopic (exact) mass is 302 g/mol. The zero-order chi connectivity index (χ0) is 15.4. The fourth-order valence-corrected chi connectivity index (χ4v) is 3.79. The van der Waals surface area contributed by atoms with Crippen molar-refractivity contribution in [1.29, 1.82) is 0 Å². The van der Waals surface area contributed by atoms with Gasteiger partial charge < -0.3 is 10.0 Å². The summed E-state index contributed by atoms with van der Waals surface area (Å²) in [6.07, 6.45) is 18.3. The van der Waals surface area contributed by atoms with Gasteiger partial charge in [0.2, 0.25) is 0 Å². The Hall–Kier alpha value is -1.36. The number of nitrogens with zero attached hydrogens (tertiary/aromatic N) is 1. The minimum atomic E-state index is -0.285. The second-order valence-corrected chi connectivity index (χ2v) is 6.62. The van der Waals surface area contributed by atoms with Gasteiger partial charge in [0.1, 0.15) is 5.76 Å². The van der Waals surface area contributed by atoms with Gasteiger partial charge in [-0.15, -0.1) is 0 Å². The van der Waals surface area contributed by atoms with Crippen LogP contribution in [0.4, 0.5) is 0 Å². The van der Waals surface area contributed by atoms with Crippen LogP contribution in [0.1, 0.15) is 25.7 Å². The van der Waals surface area contributed by atoms with E-state index in [1.54, 1.807) is 6.08 Å². The molecular formula is C18H26N2O2. The molecule has 0 spiro atoms. The summed E-state index contributed by atoms with van der Waals surface area (Å²) >= 11 is 0. The lowest BCUT2D eigenvalue weighted by molar-refractivity contribution is -0.113. The lowest BCUT2D eigenvalue weighted by Crippen LogP contribution is -2.52. The Morgan fingerprint density at radius 1 is 1.23 bits per heavy atom. The molecule has 0 aromatic carbocycles. The van der Waals surface area contributed by atoms with Crippen molar-refractivity contribution in [3.8, 4) is 0 Å². The third-order valence-corrected chi connectivity index (χ3v) is 5.26. The van der Waals surface area contributed by atoms with E-state index in [0.717, 1.165) is 45.3 Å². The van der Waals surface area contributed by atoms with Gasteiger partial charge in [-0.25, -0.2) is 5.90 Å². The van der Waals surface area contributed by atoms with Crippen molar-refractivity contribution in [2.75, 3.05) is 19.6 Å². The number of piperidine rings is 1. The molecule has 0 aromatic heterocycles. The standard InChI is InChI=1S/C18H26N2O2/c19-22-18(16-6-8-17(21)9-7-16)10-12-20(13-11-18)14-15-4-2-1-3-5-15/h1-4,6,8-9,15-16,21H,5,7,10-14,19H2. The molecule has 0 aromatic rings. The van der Waals surface area contributed by atoms with Gasteiger partial charge in [0, 0.05) is 25.6 Å². The maximum atomic E-state index is 9.49. The molecule has 1 saturated heterocycles. The number of rotatable bonds is 4. The van der Waals surface area contributed by atoms with Gasteiger partial charge in [0.15, 0.2) is 0 Å². The Kier molecular flexibility index (Phi) is 4.81. The Labute approximate surface area is 132 Å². The molecule has 120 valence electrons. The lowest BCUT2D eigenvalue weighted by atomic mass is 9.76. The van der Waals surface area contributed by atoms with E-state index in [4.69, 9.17) is 10.7 Å². The van der Waals surface area contributed by atoms with Crippen molar-refractivity contribution in [1.82, 2.24) is 4.90 Å². The molecule has 1 aliphatic heterocycles. The normalized spacial score (nSPS) is 31.2. The van der Waals surface area contributed by atoms with Crippen LogP contribution in [0.3, 0.4) is 0 Å². The van der Waals surface area contributed by atoms with Crippen LogP contribution in [0, 0.1) is 11.8 Å².